The molecule has 0 saturated heterocycles. The second-order valence-corrected chi connectivity index (χ2v) is 46.4. The Morgan fingerprint density at radius 2 is 1.27 bits per heavy atom. The van der Waals surface area contributed by atoms with Gasteiger partial charge in [0.25, 0.3) is 0 Å². The molecular formula is C8H18Br2Hf. The molecule has 0 radical (unpaired) electrons. The van der Waals surface area contributed by atoms with E-state index in [2.05, 4.69) is 38.4 Å². The van der Waals surface area contributed by atoms with Crippen LogP contribution in [0.5, 0.6) is 0 Å². The Morgan fingerprint density at radius 1 is 0.909 bits per heavy atom. The van der Waals surface area contributed by atoms with Crippen LogP contribution < -0.4 is 0 Å². The van der Waals surface area contributed by atoms with Crippen LogP contribution in [0.3, 0.4) is 0 Å². The second kappa shape index (κ2) is 7.25. The molecule has 0 heterocycles. The van der Waals surface area contributed by atoms with E-state index in [4.69, 9.17) is 0 Å². The van der Waals surface area contributed by atoms with E-state index in [0.29, 0.717) is 0 Å². The van der Waals surface area contributed by atoms with Gasteiger partial charge < -0.3 is 0 Å². The van der Waals surface area contributed by atoms with Gasteiger partial charge in [-0.2, -0.15) is 0 Å². The van der Waals surface area contributed by atoms with Crippen molar-refractivity contribution < 1.29 is 15.3 Å². The zero-order valence-electron chi connectivity index (χ0n) is 7.50. The van der Waals surface area contributed by atoms with E-state index in [1.54, 1.807) is 0 Å². The summed E-state index contributed by atoms with van der Waals surface area (Å²) in [6.45, 7) is 4.54. The van der Waals surface area contributed by atoms with Gasteiger partial charge in [-0.3, -0.25) is 0 Å². The van der Waals surface area contributed by atoms with E-state index >= 15 is 0 Å². The van der Waals surface area contributed by atoms with Gasteiger partial charge in [-0.25, -0.2) is 0 Å². The quantitative estimate of drug-likeness (QED) is 0.486. The maximum atomic E-state index is 3.92. The number of unbranched alkanes of at least 4 members (excludes halogenated alkanes) is 2. The van der Waals surface area contributed by atoms with Gasteiger partial charge in [-0.1, -0.05) is 0 Å². The molecule has 0 aliphatic carbocycles. The van der Waals surface area contributed by atoms with Gasteiger partial charge in [-0.15, -0.1) is 0 Å². The molecule has 0 atom stereocenters. The van der Waals surface area contributed by atoms with Crippen LogP contribution in [0, 0.1) is 0 Å². The Balaban J connectivity index is 3.43. The first kappa shape index (κ1) is 12.8. The molecule has 0 rings (SSSR count). The topological polar surface area (TPSA) is 0 Å². The minimum absolute atomic E-state index is 1.34. The van der Waals surface area contributed by atoms with Crippen molar-refractivity contribution in [3.63, 3.8) is 0 Å². The standard InChI is InChI=1S/2C4H9.2BrH.Hf/c2*1-3-4-2;;;/h2*1,3-4H2,2H3;2*1H;/q;;;;+2/p-2. The molecule has 0 unspecified atom stereocenters. The van der Waals surface area contributed by atoms with Crippen LogP contribution in [0.2, 0.25) is 8.35 Å². The molecule has 0 amide bonds. The van der Waals surface area contributed by atoms with Gasteiger partial charge in [0.05, 0.1) is 0 Å². The molecule has 0 aliphatic heterocycles. The van der Waals surface area contributed by atoms with E-state index < -0.39 is 15.3 Å². The van der Waals surface area contributed by atoms with Gasteiger partial charge >= 0.3 is 87.8 Å². The number of rotatable bonds is 6. The van der Waals surface area contributed by atoms with E-state index in [0.717, 1.165) is 0 Å². The summed E-state index contributed by atoms with van der Waals surface area (Å²) >= 11 is 5.92. The van der Waals surface area contributed by atoms with Crippen molar-refractivity contribution in [2.45, 2.75) is 47.9 Å². The van der Waals surface area contributed by atoms with Crippen molar-refractivity contribution in [1.29, 1.82) is 0 Å². The summed E-state index contributed by atoms with van der Waals surface area (Å²) < 4.78 is 2.92. The summed E-state index contributed by atoms with van der Waals surface area (Å²) in [6, 6.07) is 0. The van der Waals surface area contributed by atoms with Crippen molar-refractivity contribution in [1.82, 2.24) is 0 Å². The van der Waals surface area contributed by atoms with Gasteiger partial charge in [-0.05, 0) is 0 Å². The first-order chi connectivity index (χ1) is 5.12. The summed E-state index contributed by atoms with van der Waals surface area (Å²) in [5.41, 5.74) is 0. The molecule has 0 saturated carbocycles. The third-order valence-electron chi connectivity index (χ3n) is 1.79. The molecule has 0 aromatic rings. The van der Waals surface area contributed by atoms with Crippen LogP contribution in [0.15, 0.2) is 0 Å². The number of hydrogen-bond acceptors (Lipinski definition) is 0. The fourth-order valence-electron chi connectivity index (χ4n) is 0.996. The first-order valence-corrected chi connectivity index (χ1v) is 25.3. The van der Waals surface area contributed by atoms with Gasteiger partial charge in [0.15, 0.2) is 0 Å². The van der Waals surface area contributed by atoms with E-state index in [1.165, 1.54) is 34.0 Å². The molecule has 0 spiro atoms. The fraction of sp³-hybridized carbons (Fsp3) is 1.00. The molecule has 11 heavy (non-hydrogen) atoms. The summed E-state index contributed by atoms with van der Waals surface area (Å²) in [4.78, 5) is 0. The van der Waals surface area contributed by atoms with Crippen molar-refractivity contribution in [2.24, 2.45) is 0 Å². The van der Waals surface area contributed by atoms with Gasteiger partial charge in [0.2, 0.25) is 0 Å². The minimum atomic E-state index is -1.93. The average Bonchev–Trinajstić information content (AvgIpc) is 1.97. The Bertz CT molecular complexity index is 84.1. The van der Waals surface area contributed by atoms with Crippen molar-refractivity contribution in [3.8, 4) is 0 Å². The van der Waals surface area contributed by atoms with Crippen LogP contribution in [-0.4, -0.2) is 0 Å². The molecule has 0 N–H and O–H groups in total. The number of halogens is 2. The Labute approximate surface area is 86.8 Å². The third-order valence-corrected chi connectivity index (χ3v) is 22.6. The molecule has 0 aliphatic rings. The van der Waals surface area contributed by atoms with Crippen LogP contribution in [0.1, 0.15) is 39.5 Å². The summed E-state index contributed by atoms with van der Waals surface area (Å²) in [5.74, 6) is 0. The predicted octanol–water partition coefficient (Wildman–Crippen LogP) is 5.20. The summed E-state index contributed by atoms with van der Waals surface area (Å²) in [5, 5.41) is 0. The summed E-state index contributed by atoms with van der Waals surface area (Å²) in [7, 11) is 0. The molecule has 0 aromatic carbocycles. The predicted molar refractivity (Wildman–Crippen MR) is 57.3 cm³/mol. The fourth-order valence-corrected chi connectivity index (χ4v) is 17.3. The first-order valence-electron chi connectivity index (χ1n) is 4.50. The van der Waals surface area contributed by atoms with Gasteiger partial charge in [0, 0.05) is 0 Å². The zero-order chi connectivity index (χ0) is 8.74. The molecule has 0 fully saturated rings. The molecule has 0 nitrogen and oxygen atoms in total. The normalized spacial score (nSPS) is 12.0. The number of hydrogen-bond donors (Lipinski definition) is 0. The zero-order valence-corrected chi connectivity index (χ0v) is 14.3. The Morgan fingerprint density at radius 3 is 1.55 bits per heavy atom. The van der Waals surface area contributed by atoms with Crippen molar-refractivity contribution in [3.05, 3.63) is 0 Å². The summed E-state index contributed by atoms with van der Waals surface area (Å²) in [6.07, 6.45) is 5.49. The molecule has 68 valence electrons. The Hall–Kier alpha value is 1.83. The molecule has 0 bridgehead atoms. The van der Waals surface area contributed by atoms with Crippen LogP contribution in [-0.2, 0) is 15.3 Å². The Kier molecular flexibility index (Phi) is 8.46. The second-order valence-electron chi connectivity index (χ2n) is 3.06. The van der Waals surface area contributed by atoms with E-state index in [9.17, 15) is 0 Å². The van der Waals surface area contributed by atoms with E-state index in [-0.39, 0.29) is 0 Å². The third kappa shape index (κ3) is 8.17. The average molecular weight is 453 g/mol. The molecule has 3 heteroatoms. The monoisotopic (exact) mass is 452 g/mol. The van der Waals surface area contributed by atoms with Crippen LogP contribution in [0.4, 0.5) is 0 Å². The van der Waals surface area contributed by atoms with Crippen molar-refractivity contribution >= 4 is 24.6 Å². The maximum absolute atomic E-state index is 3.92. The molecular weight excluding hydrogens is 434 g/mol. The van der Waals surface area contributed by atoms with Crippen molar-refractivity contribution in [2.75, 3.05) is 0 Å². The SMILES string of the molecule is CCC[CH2][Hf]([Br])([Br])[CH2]CCC. The van der Waals surface area contributed by atoms with E-state index in [1.807, 2.05) is 0 Å². The molecule has 0 aromatic heterocycles. The van der Waals surface area contributed by atoms with Gasteiger partial charge in [0.1, 0.15) is 0 Å². The van der Waals surface area contributed by atoms with Crippen LogP contribution in [0.25, 0.3) is 0 Å². The van der Waals surface area contributed by atoms with Crippen LogP contribution >= 0.6 is 24.6 Å².